The Balaban J connectivity index is 0. The summed E-state index contributed by atoms with van der Waals surface area (Å²) in [7, 11) is 0. The summed E-state index contributed by atoms with van der Waals surface area (Å²) < 4.78 is 0. The number of hydrogen-bond acceptors (Lipinski definition) is 0. The smallest absolute Gasteiger partial charge is 0 e. The molecular formula is C3H7Pt-. The van der Waals surface area contributed by atoms with E-state index in [1.54, 1.807) is 0 Å². The molecule has 1 heteroatoms. The molecule has 0 saturated heterocycles. The quantitative estimate of drug-likeness (QED) is 0.557. The van der Waals surface area contributed by atoms with E-state index < -0.39 is 0 Å². The molecular weight excluding hydrogens is 231 g/mol. The maximum atomic E-state index is 2.00. The van der Waals surface area contributed by atoms with E-state index in [2.05, 4.69) is 0 Å². The fraction of sp³-hybridized carbons (Fsp3) is 0.667. The minimum absolute atomic E-state index is 0. The molecule has 0 N–H and O–H groups in total. The van der Waals surface area contributed by atoms with Gasteiger partial charge in [0.15, 0.2) is 0 Å². The van der Waals surface area contributed by atoms with Gasteiger partial charge in [0.05, 0.1) is 0 Å². The molecule has 0 aliphatic heterocycles. The molecule has 0 aliphatic rings. The van der Waals surface area contributed by atoms with Crippen LogP contribution in [0.1, 0.15) is 13.8 Å². The molecule has 30 valence electrons. The summed E-state index contributed by atoms with van der Waals surface area (Å²) in [5.41, 5.74) is 0. The summed E-state index contributed by atoms with van der Waals surface area (Å²) in [5.74, 6) is 0. The van der Waals surface area contributed by atoms with Gasteiger partial charge in [-0.3, -0.25) is 0 Å². The molecule has 0 fully saturated rings. The van der Waals surface area contributed by atoms with Gasteiger partial charge in [-0.1, -0.05) is 0 Å². The van der Waals surface area contributed by atoms with Gasteiger partial charge in [-0.15, -0.1) is 0 Å². The molecule has 0 spiro atoms. The van der Waals surface area contributed by atoms with Crippen molar-refractivity contribution in [2.45, 2.75) is 13.8 Å². The predicted molar refractivity (Wildman–Crippen MR) is 15.6 cm³/mol. The van der Waals surface area contributed by atoms with E-state index >= 15 is 0 Å². The van der Waals surface area contributed by atoms with Crippen LogP contribution in [0.2, 0.25) is 0 Å². The van der Waals surface area contributed by atoms with Crippen LogP contribution in [0, 0.1) is 6.42 Å². The van der Waals surface area contributed by atoms with Crippen LogP contribution >= 0.6 is 0 Å². The third kappa shape index (κ3) is 16.2. The van der Waals surface area contributed by atoms with Crippen LogP contribution in [-0.2, 0) is 21.1 Å². The molecule has 0 unspecified atom stereocenters. The first-order chi connectivity index (χ1) is 1.41. The zero-order valence-electron chi connectivity index (χ0n) is 2.89. The Hall–Kier alpha value is 0.688. The SMILES string of the molecule is C[CH-]C.[Pt]. The molecule has 0 nitrogen and oxygen atoms in total. The van der Waals surface area contributed by atoms with E-state index in [0.717, 1.165) is 0 Å². The Morgan fingerprint density at radius 1 is 1.25 bits per heavy atom. The van der Waals surface area contributed by atoms with Crippen molar-refractivity contribution in [1.29, 1.82) is 0 Å². The fourth-order valence-corrected chi connectivity index (χ4v) is 0. The van der Waals surface area contributed by atoms with Gasteiger partial charge in [0.2, 0.25) is 0 Å². The first kappa shape index (κ1) is 8.82. The van der Waals surface area contributed by atoms with Gasteiger partial charge in [0, 0.05) is 21.1 Å². The second-order valence-corrected chi connectivity index (χ2v) is 0.577. The molecule has 0 aromatic carbocycles. The Morgan fingerprint density at radius 2 is 1.25 bits per heavy atom. The molecule has 0 radical (unpaired) electrons. The van der Waals surface area contributed by atoms with Crippen molar-refractivity contribution in [3.05, 3.63) is 6.42 Å². The van der Waals surface area contributed by atoms with E-state index in [1.165, 1.54) is 0 Å². The maximum Gasteiger partial charge on any atom is 0 e. The van der Waals surface area contributed by atoms with Crippen molar-refractivity contribution in [1.82, 2.24) is 0 Å². The minimum Gasteiger partial charge on any atom is -0.335 e. The summed E-state index contributed by atoms with van der Waals surface area (Å²) in [5, 5.41) is 0. The van der Waals surface area contributed by atoms with E-state index in [9.17, 15) is 0 Å². The van der Waals surface area contributed by atoms with Crippen molar-refractivity contribution < 1.29 is 21.1 Å². The molecule has 0 amide bonds. The van der Waals surface area contributed by atoms with Crippen molar-refractivity contribution in [2.75, 3.05) is 0 Å². The Kier molecular flexibility index (Phi) is 20.6. The van der Waals surface area contributed by atoms with Gasteiger partial charge in [-0.2, -0.15) is 13.8 Å². The van der Waals surface area contributed by atoms with Crippen molar-refractivity contribution in [3.63, 3.8) is 0 Å². The van der Waals surface area contributed by atoms with E-state index in [4.69, 9.17) is 0 Å². The van der Waals surface area contributed by atoms with Crippen molar-refractivity contribution >= 4 is 0 Å². The third-order valence-corrected chi connectivity index (χ3v) is 0. The Morgan fingerprint density at radius 3 is 1.25 bits per heavy atom. The number of rotatable bonds is 0. The third-order valence-electron chi connectivity index (χ3n) is 0. The molecule has 0 aliphatic carbocycles. The van der Waals surface area contributed by atoms with E-state index in [1.807, 2.05) is 20.3 Å². The van der Waals surface area contributed by atoms with Gasteiger partial charge < -0.3 is 6.42 Å². The van der Waals surface area contributed by atoms with Gasteiger partial charge in [0.1, 0.15) is 0 Å². The normalized spacial score (nSPS) is 4.50. The van der Waals surface area contributed by atoms with Gasteiger partial charge in [-0.25, -0.2) is 0 Å². The zero-order chi connectivity index (χ0) is 2.71. The molecule has 0 atom stereocenters. The van der Waals surface area contributed by atoms with Gasteiger partial charge in [0.25, 0.3) is 0 Å². The minimum atomic E-state index is 0. The second kappa shape index (κ2) is 9.35. The maximum absolute atomic E-state index is 2.00. The second-order valence-electron chi connectivity index (χ2n) is 0.577. The summed E-state index contributed by atoms with van der Waals surface area (Å²) in [4.78, 5) is 0. The van der Waals surface area contributed by atoms with Gasteiger partial charge in [-0.05, 0) is 0 Å². The topological polar surface area (TPSA) is 0 Å². The van der Waals surface area contributed by atoms with Crippen molar-refractivity contribution in [2.24, 2.45) is 0 Å². The van der Waals surface area contributed by atoms with Crippen LogP contribution in [0.5, 0.6) is 0 Å². The van der Waals surface area contributed by atoms with Gasteiger partial charge >= 0.3 is 0 Å². The van der Waals surface area contributed by atoms with Crippen LogP contribution < -0.4 is 0 Å². The monoisotopic (exact) mass is 238 g/mol. The van der Waals surface area contributed by atoms with Crippen LogP contribution in [0.3, 0.4) is 0 Å². The summed E-state index contributed by atoms with van der Waals surface area (Å²) >= 11 is 0. The Bertz CT molecular complexity index is 3.25. The zero-order valence-corrected chi connectivity index (χ0v) is 5.17. The molecule has 0 bridgehead atoms. The standard InChI is InChI=1S/C3H7.Pt/c1-3-2;/h3H,1-2H3;/q-1;. The Labute approximate surface area is 41.9 Å². The first-order valence-corrected chi connectivity index (χ1v) is 1.15. The molecule has 4 heavy (non-hydrogen) atoms. The average molecular weight is 238 g/mol. The van der Waals surface area contributed by atoms with Crippen LogP contribution in [0.4, 0.5) is 0 Å². The van der Waals surface area contributed by atoms with Crippen molar-refractivity contribution in [3.8, 4) is 0 Å². The van der Waals surface area contributed by atoms with E-state index in [-0.39, 0.29) is 21.1 Å². The summed E-state index contributed by atoms with van der Waals surface area (Å²) in [6.07, 6.45) is 2.00. The molecule has 0 heterocycles. The molecule has 0 aromatic rings. The van der Waals surface area contributed by atoms with Crippen LogP contribution in [0.25, 0.3) is 0 Å². The number of hydrogen-bond donors (Lipinski definition) is 0. The molecule has 0 saturated carbocycles. The molecule has 0 aromatic heterocycles. The largest absolute Gasteiger partial charge is 0.335 e. The first-order valence-electron chi connectivity index (χ1n) is 1.15. The fourth-order valence-electron chi connectivity index (χ4n) is 0. The average Bonchev–Trinajstić information content (AvgIpc) is 0.918. The predicted octanol–water partition coefficient (Wildman–Crippen LogP) is 1.23. The summed E-state index contributed by atoms with van der Waals surface area (Å²) in [6, 6.07) is 0. The van der Waals surface area contributed by atoms with E-state index in [0.29, 0.717) is 0 Å². The summed E-state index contributed by atoms with van der Waals surface area (Å²) in [6.45, 7) is 4.00. The van der Waals surface area contributed by atoms with Crippen LogP contribution in [0.15, 0.2) is 0 Å². The molecule has 0 rings (SSSR count). The van der Waals surface area contributed by atoms with Crippen LogP contribution in [-0.4, -0.2) is 0 Å².